The molecule has 25 heavy (non-hydrogen) atoms. The number of hydrogen-bond donors (Lipinski definition) is 1. The first-order valence-electron chi connectivity index (χ1n) is 8.16. The van der Waals surface area contributed by atoms with Crippen LogP contribution in [0, 0.1) is 6.92 Å². The maximum atomic E-state index is 12.2. The van der Waals surface area contributed by atoms with Crippen molar-refractivity contribution >= 4 is 23.3 Å². The van der Waals surface area contributed by atoms with Gasteiger partial charge >= 0.3 is 6.03 Å². The summed E-state index contributed by atoms with van der Waals surface area (Å²) >= 11 is 1.37. The quantitative estimate of drug-likeness (QED) is 0.896. The molecule has 0 radical (unpaired) electrons. The number of rotatable bonds is 3. The van der Waals surface area contributed by atoms with Gasteiger partial charge in [0.1, 0.15) is 4.88 Å². The van der Waals surface area contributed by atoms with E-state index in [4.69, 9.17) is 0 Å². The fourth-order valence-corrected chi connectivity index (χ4v) is 3.47. The summed E-state index contributed by atoms with van der Waals surface area (Å²) in [6, 6.07) is 1.96. The number of thiazole rings is 1. The van der Waals surface area contributed by atoms with Crippen molar-refractivity contribution in [2.45, 2.75) is 33.0 Å². The topological polar surface area (TPSA) is 83.4 Å². The maximum absolute atomic E-state index is 12.2. The third-order valence-electron chi connectivity index (χ3n) is 3.99. The van der Waals surface area contributed by atoms with Crippen LogP contribution < -0.4 is 5.32 Å². The minimum atomic E-state index is -0.141. The Kier molecular flexibility index (Phi) is 5.03. The van der Waals surface area contributed by atoms with Crippen LogP contribution in [0.3, 0.4) is 0 Å². The summed E-state index contributed by atoms with van der Waals surface area (Å²) in [5, 5.41) is 8.30. The van der Waals surface area contributed by atoms with Gasteiger partial charge in [0.15, 0.2) is 0 Å². The average Bonchev–Trinajstić information content (AvgIpc) is 3.12. The predicted octanol–water partition coefficient (Wildman–Crippen LogP) is 1.47. The maximum Gasteiger partial charge on any atom is 0.319 e. The van der Waals surface area contributed by atoms with Crippen LogP contribution in [0.15, 0.2) is 12.3 Å². The zero-order valence-electron chi connectivity index (χ0n) is 14.7. The smallest absolute Gasteiger partial charge is 0.319 e. The van der Waals surface area contributed by atoms with Crippen molar-refractivity contribution in [2.75, 3.05) is 20.6 Å². The summed E-state index contributed by atoms with van der Waals surface area (Å²) in [4.78, 5) is 32.4. The molecule has 134 valence electrons. The van der Waals surface area contributed by atoms with Gasteiger partial charge in [0.25, 0.3) is 5.91 Å². The van der Waals surface area contributed by atoms with E-state index < -0.39 is 0 Å². The molecule has 0 saturated heterocycles. The van der Waals surface area contributed by atoms with Crippen molar-refractivity contribution in [3.8, 4) is 0 Å². The van der Waals surface area contributed by atoms with Crippen LogP contribution >= 0.6 is 11.3 Å². The average molecular weight is 362 g/mol. The summed E-state index contributed by atoms with van der Waals surface area (Å²) in [6.07, 6.45) is 2.45. The van der Waals surface area contributed by atoms with E-state index in [0.29, 0.717) is 18.0 Å². The molecule has 3 rings (SSSR count). The first-order chi connectivity index (χ1) is 11.9. The fourth-order valence-electron chi connectivity index (χ4n) is 2.78. The standard InChI is InChI=1S/C16H22N6O2S/c1-11-17-9-14(25-11)15(23)18-8-12-7-13-10-21(16(24)20(2)3)5-4-6-22(13)19-12/h7,9H,4-6,8,10H2,1-3H3,(H,18,23). The molecule has 0 bridgehead atoms. The van der Waals surface area contributed by atoms with Crippen LogP contribution in [-0.2, 0) is 19.6 Å². The van der Waals surface area contributed by atoms with Crippen LogP contribution in [-0.4, -0.2) is 57.1 Å². The van der Waals surface area contributed by atoms with Gasteiger partial charge in [0.05, 0.1) is 35.7 Å². The van der Waals surface area contributed by atoms with E-state index in [1.807, 2.05) is 22.6 Å². The molecule has 8 nitrogen and oxygen atoms in total. The Morgan fingerprint density at radius 1 is 1.36 bits per heavy atom. The fraction of sp³-hybridized carbons (Fsp3) is 0.500. The SMILES string of the molecule is Cc1ncc(C(=O)NCc2cc3n(n2)CCCN(C(=O)N(C)C)C3)s1. The largest absolute Gasteiger partial charge is 0.346 e. The molecule has 0 spiro atoms. The summed E-state index contributed by atoms with van der Waals surface area (Å²) in [7, 11) is 3.51. The van der Waals surface area contributed by atoms with E-state index in [1.54, 1.807) is 25.2 Å². The summed E-state index contributed by atoms with van der Waals surface area (Å²) in [5.74, 6) is -0.141. The Morgan fingerprint density at radius 3 is 2.84 bits per heavy atom. The third kappa shape index (κ3) is 3.98. The molecule has 0 aliphatic carbocycles. The molecule has 0 saturated carbocycles. The highest BCUT2D eigenvalue weighted by atomic mass is 32.1. The second kappa shape index (κ2) is 7.22. The number of carbonyl (C=O) groups is 2. The Balaban J connectivity index is 1.65. The molecule has 1 aliphatic rings. The van der Waals surface area contributed by atoms with Gasteiger partial charge in [-0.15, -0.1) is 11.3 Å². The van der Waals surface area contributed by atoms with E-state index in [0.717, 1.165) is 35.9 Å². The summed E-state index contributed by atoms with van der Waals surface area (Å²) in [6.45, 7) is 4.25. The van der Waals surface area contributed by atoms with Crippen molar-refractivity contribution in [3.63, 3.8) is 0 Å². The first kappa shape index (κ1) is 17.4. The van der Waals surface area contributed by atoms with Gasteiger partial charge in [-0.3, -0.25) is 9.48 Å². The highest BCUT2D eigenvalue weighted by Gasteiger charge is 2.21. The number of nitrogens with zero attached hydrogens (tertiary/aromatic N) is 5. The number of aryl methyl sites for hydroxylation is 2. The molecule has 3 amide bonds. The molecule has 1 N–H and O–H groups in total. The van der Waals surface area contributed by atoms with Gasteiger partial charge < -0.3 is 15.1 Å². The molecule has 2 aromatic heterocycles. The summed E-state index contributed by atoms with van der Waals surface area (Å²) < 4.78 is 1.93. The number of hydrogen-bond acceptors (Lipinski definition) is 5. The number of aromatic nitrogens is 3. The molecule has 2 aromatic rings. The lowest BCUT2D eigenvalue weighted by atomic mass is 10.3. The lowest BCUT2D eigenvalue weighted by molar-refractivity contribution is 0.0954. The van der Waals surface area contributed by atoms with Crippen molar-refractivity contribution in [2.24, 2.45) is 0 Å². The molecular formula is C16H22N6O2S. The van der Waals surface area contributed by atoms with Crippen molar-refractivity contribution in [1.29, 1.82) is 0 Å². The van der Waals surface area contributed by atoms with E-state index in [-0.39, 0.29) is 11.9 Å². The van der Waals surface area contributed by atoms with Crippen molar-refractivity contribution in [3.05, 3.63) is 33.5 Å². The van der Waals surface area contributed by atoms with E-state index in [2.05, 4.69) is 15.4 Å². The van der Waals surface area contributed by atoms with Crippen LogP contribution in [0.1, 0.15) is 32.5 Å². The number of urea groups is 1. The molecule has 0 atom stereocenters. The second-order valence-corrected chi connectivity index (χ2v) is 7.46. The van der Waals surface area contributed by atoms with Crippen LogP contribution in [0.2, 0.25) is 0 Å². The highest BCUT2D eigenvalue weighted by molar-refractivity contribution is 7.13. The molecular weight excluding hydrogens is 340 g/mol. The monoisotopic (exact) mass is 362 g/mol. The lowest BCUT2D eigenvalue weighted by Gasteiger charge is -2.23. The molecule has 9 heteroatoms. The van der Waals surface area contributed by atoms with Gasteiger partial charge in [-0.1, -0.05) is 0 Å². The van der Waals surface area contributed by atoms with Gasteiger partial charge in [-0.25, -0.2) is 9.78 Å². The van der Waals surface area contributed by atoms with Crippen LogP contribution in [0.4, 0.5) is 4.79 Å². The summed E-state index contributed by atoms with van der Waals surface area (Å²) in [5.41, 5.74) is 1.79. The van der Waals surface area contributed by atoms with Crippen LogP contribution in [0.5, 0.6) is 0 Å². The normalized spacial score (nSPS) is 14.0. The minimum Gasteiger partial charge on any atom is -0.346 e. The van der Waals surface area contributed by atoms with Gasteiger partial charge in [-0.05, 0) is 19.4 Å². The number of nitrogens with one attached hydrogen (secondary N) is 1. The Labute approximate surface area is 150 Å². The molecule has 0 unspecified atom stereocenters. The van der Waals surface area contributed by atoms with Crippen molar-refractivity contribution in [1.82, 2.24) is 29.9 Å². The Morgan fingerprint density at radius 2 is 2.16 bits per heavy atom. The third-order valence-corrected chi connectivity index (χ3v) is 4.90. The zero-order chi connectivity index (χ0) is 18.0. The molecule has 1 aliphatic heterocycles. The van der Waals surface area contributed by atoms with Gasteiger partial charge in [0, 0.05) is 27.2 Å². The van der Waals surface area contributed by atoms with E-state index in [1.165, 1.54) is 11.3 Å². The number of carbonyl (C=O) groups excluding carboxylic acids is 2. The van der Waals surface area contributed by atoms with Gasteiger partial charge in [-0.2, -0.15) is 5.10 Å². The highest BCUT2D eigenvalue weighted by Crippen LogP contribution is 2.15. The Hall–Kier alpha value is -2.42. The first-order valence-corrected chi connectivity index (χ1v) is 8.98. The van der Waals surface area contributed by atoms with Crippen LogP contribution in [0.25, 0.3) is 0 Å². The van der Waals surface area contributed by atoms with E-state index >= 15 is 0 Å². The number of fused-ring (bicyclic) bond motifs is 1. The second-order valence-electron chi connectivity index (χ2n) is 6.23. The van der Waals surface area contributed by atoms with Crippen molar-refractivity contribution < 1.29 is 9.59 Å². The predicted molar refractivity (Wildman–Crippen MR) is 94.4 cm³/mol. The zero-order valence-corrected chi connectivity index (χ0v) is 15.5. The lowest BCUT2D eigenvalue weighted by Crippen LogP contribution is -2.38. The molecule has 0 fully saturated rings. The minimum absolute atomic E-state index is 0.00469. The molecule has 0 aromatic carbocycles. The van der Waals surface area contributed by atoms with Gasteiger partial charge in [0.2, 0.25) is 0 Å². The molecule has 3 heterocycles. The van der Waals surface area contributed by atoms with E-state index in [9.17, 15) is 9.59 Å². The number of amides is 3. The Bertz CT molecular complexity index is 781.